The average molecular weight is 403 g/mol. The Morgan fingerprint density at radius 3 is 2.60 bits per heavy atom. The number of carbonyl (C=O) groups excluding carboxylic acids is 2. The molecule has 0 spiro atoms. The van der Waals surface area contributed by atoms with E-state index in [4.69, 9.17) is 0 Å². The van der Waals surface area contributed by atoms with Crippen LogP contribution in [0.4, 0.5) is 11.4 Å². The van der Waals surface area contributed by atoms with Crippen LogP contribution in [0.25, 0.3) is 10.8 Å². The minimum atomic E-state index is 0.00127. The highest BCUT2D eigenvalue weighted by Gasteiger charge is 2.21. The van der Waals surface area contributed by atoms with Crippen molar-refractivity contribution in [3.05, 3.63) is 72.3 Å². The zero-order valence-electron chi connectivity index (χ0n) is 17.3. The molecule has 0 saturated carbocycles. The molecule has 0 unspecified atom stereocenters. The Kier molecular flexibility index (Phi) is 6.10. The largest absolute Gasteiger partial charge is 0.340 e. The zero-order chi connectivity index (χ0) is 20.9. The number of benzene rings is 3. The number of quaternary nitrogens is 1. The smallest absolute Gasteiger partial charge is 0.230 e. The van der Waals surface area contributed by atoms with Gasteiger partial charge < -0.3 is 15.5 Å². The molecule has 1 fully saturated rings. The molecule has 4 rings (SSSR count). The lowest BCUT2D eigenvalue weighted by Crippen LogP contribution is -2.85. The van der Waals surface area contributed by atoms with Crippen LogP contribution < -0.4 is 15.5 Å². The second-order valence-corrected chi connectivity index (χ2v) is 7.88. The molecule has 3 aromatic rings. The van der Waals surface area contributed by atoms with Crippen molar-refractivity contribution < 1.29 is 14.9 Å². The molecule has 1 atom stereocenters. The maximum Gasteiger partial charge on any atom is 0.230 e. The van der Waals surface area contributed by atoms with Crippen molar-refractivity contribution in [2.45, 2.75) is 32.2 Å². The number of amides is 2. The van der Waals surface area contributed by atoms with E-state index in [0.29, 0.717) is 12.8 Å². The van der Waals surface area contributed by atoms with Crippen molar-refractivity contribution >= 4 is 34.0 Å². The van der Waals surface area contributed by atoms with Gasteiger partial charge in [-0.2, -0.15) is 0 Å². The fourth-order valence-electron chi connectivity index (χ4n) is 4.11. The van der Waals surface area contributed by atoms with Gasteiger partial charge in [0.1, 0.15) is 6.04 Å². The summed E-state index contributed by atoms with van der Waals surface area (Å²) in [6.45, 7) is 3.67. The molecule has 5 nitrogen and oxygen atoms in total. The topological polar surface area (TPSA) is 66.0 Å². The normalized spacial score (nSPS) is 14.8. The van der Waals surface area contributed by atoms with Crippen LogP contribution in [0.1, 0.15) is 37.8 Å². The standard InChI is InChI=1S/C25H27N3O2/c1-18(22-9-4-7-19-6-2-3-8-23(19)22)26-16-15-24(29)27-20-11-13-21(14-12-20)28-17-5-10-25(28)30/h2-4,6-9,11-14,18,26H,5,10,15-17H2,1H3,(H,27,29)/p+1/t18-/m0/s1. The quantitative estimate of drug-likeness (QED) is 0.634. The predicted molar refractivity (Wildman–Crippen MR) is 120 cm³/mol. The summed E-state index contributed by atoms with van der Waals surface area (Å²) in [5.41, 5.74) is 2.95. The summed E-state index contributed by atoms with van der Waals surface area (Å²) in [6, 6.07) is 22.6. The molecule has 3 aromatic carbocycles. The summed E-state index contributed by atoms with van der Waals surface area (Å²) < 4.78 is 0. The molecule has 1 saturated heterocycles. The van der Waals surface area contributed by atoms with E-state index in [1.807, 2.05) is 24.3 Å². The fraction of sp³-hybridized carbons (Fsp3) is 0.280. The molecule has 30 heavy (non-hydrogen) atoms. The number of nitrogens with one attached hydrogen (secondary N) is 1. The van der Waals surface area contributed by atoms with Gasteiger partial charge in [-0.1, -0.05) is 42.5 Å². The van der Waals surface area contributed by atoms with Gasteiger partial charge >= 0.3 is 0 Å². The molecule has 0 aromatic heterocycles. The molecule has 5 heteroatoms. The van der Waals surface area contributed by atoms with Crippen LogP contribution in [0.15, 0.2) is 66.7 Å². The van der Waals surface area contributed by atoms with Gasteiger partial charge in [0, 0.05) is 29.9 Å². The van der Waals surface area contributed by atoms with E-state index in [1.54, 1.807) is 4.90 Å². The average Bonchev–Trinajstić information content (AvgIpc) is 3.19. The number of nitrogens with zero attached hydrogens (tertiary/aromatic N) is 1. The summed E-state index contributed by atoms with van der Waals surface area (Å²) >= 11 is 0. The number of carbonyl (C=O) groups is 2. The van der Waals surface area contributed by atoms with E-state index in [2.05, 4.69) is 60.0 Å². The van der Waals surface area contributed by atoms with E-state index in [-0.39, 0.29) is 17.9 Å². The highest BCUT2D eigenvalue weighted by Crippen LogP contribution is 2.23. The first-order valence-corrected chi connectivity index (χ1v) is 10.6. The van der Waals surface area contributed by atoms with E-state index < -0.39 is 0 Å². The lowest BCUT2D eigenvalue weighted by Gasteiger charge is -2.16. The van der Waals surface area contributed by atoms with Crippen LogP contribution in [0.3, 0.4) is 0 Å². The summed E-state index contributed by atoms with van der Waals surface area (Å²) in [5, 5.41) is 7.67. The number of fused-ring (bicyclic) bond motifs is 1. The highest BCUT2D eigenvalue weighted by molar-refractivity contribution is 5.96. The van der Waals surface area contributed by atoms with Gasteiger partial charge in [0.2, 0.25) is 11.8 Å². The molecular weight excluding hydrogens is 374 g/mol. The number of hydrogen-bond donors (Lipinski definition) is 2. The van der Waals surface area contributed by atoms with Gasteiger partial charge in [-0.05, 0) is 48.4 Å². The number of anilines is 2. The van der Waals surface area contributed by atoms with Crippen molar-refractivity contribution in [3.63, 3.8) is 0 Å². The van der Waals surface area contributed by atoms with Crippen molar-refractivity contribution in [3.8, 4) is 0 Å². The van der Waals surface area contributed by atoms with Crippen molar-refractivity contribution in [2.75, 3.05) is 23.3 Å². The SMILES string of the molecule is C[C@H]([NH2+]CCC(=O)Nc1ccc(N2CCCC2=O)cc1)c1cccc2ccccc12. The van der Waals surface area contributed by atoms with Gasteiger partial charge in [-0.3, -0.25) is 9.59 Å². The van der Waals surface area contributed by atoms with Crippen molar-refractivity contribution in [1.82, 2.24) is 0 Å². The molecule has 1 aliphatic heterocycles. The fourth-order valence-corrected chi connectivity index (χ4v) is 4.11. The number of hydrogen-bond acceptors (Lipinski definition) is 2. The molecule has 0 aliphatic carbocycles. The van der Waals surface area contributed by atoms with Crippen LogP contribution in [0.2, 0.25) is 0 Å². The molecule has 3 N–H and O–H groups in total. The third-order valence-corrected chi connectivity index (χ3v) is 5.74. The Labute approximate surface area is 177 Å². The van der Waals surface area contributed by atoms with Crippen molar-refractivity contribution in [1.29, 1.82) is 0 Å². The second kappa shape index (κ2) is 9.09. The molecule has 0 radical (unpaired) electrons. The van der Waals surface area contributed by atoms with E-state index >= 15 is 0 Å². The van der Waals surface area contributed by atoms with Gasteiger partial charge in [0.25, 0.3) is 0 Å². The maximum atomic E-state index is 12.3. The number of nitrogens with two attached hydrogens (primary N) is 1. The van der Waals surface area contributed by atoms with Crippen LogP contribution >= 0.6 is 0 Å². The molecule has 1 heterocycles. The molecule has 0 bridgehead atoms. The maximum absolute atomic E-state index is 12.3. The Balaban J connectivity index is 1.28. The van der Waals surface area contributed by atoms with Gasteiger partial charge in [-0.15, -0.1) is 0 Å². The predicted octanol–water partition coefficient (Wildman–Crippen LogP) is 3.62. The lowest BCUT2D eigenvalue weighted by atomic mass is 10.00. The Morgan fingerprint density at radius 1 is 1.07 bits per heavy atom. The number of rotatable bonds is 7. The van der Waals surface area contributed by atoms with Crippen LogP contribution in [0.5, 0.6) is 0 Å². The molecular formula is C25H28N3O2+. The van der Waals surface area contributed by atoms with Gasteiger partial charge in [-0.25, -0.2) is 0 Å². The van der Waals surface area contributed by atoms with E-state index in [0.717, 1.165) is 30.9 Å². The zero-order valence-corrected chi connectivity index (χ0v) is 17.3. The third-order valence-electron chi connectivity index (χ3n) is 5.74. The first-order valence-electron chi connectivity index (χ1n) is 10.6. The minimum absolute atomic E-state index is 0.00127. The summed E-state index contributed by atoms with van der Waals surface area (Å²) in [7, 11) is 0. The van der Waals surface area contributed by atoms with Crippen LogP contribution in [-0.4, -0.2) is 24.9 Å². The third kappa shape index (κ3) is 4.52. The van der Waals surface area contributed by atoms with Gasteiger partial charge in [0.15, 0.2) is 0 Å². The Bertz CT molecular complexity index is 1040. The second-order valence-electron chi connectivity index (χ2n) is 7.88. The van der Waals surface area contributed by atoms with E-state index in [1.165, 1.54) is 16.3 Å². The van der Waals surface area contributed by atoms with Crippen molar-refractivity contribution in [2.24, 2.45) is 0 Å². The van der Waals surface area contributed by atoms with Gasteiger partial charge in [0.05, 0.1) is 13.0 Å². The van der Waals surface area contributed by atoms with E-state index in [9.17, 15) is 9.59 Å². The lowest BCUT2D eigenvalue weighted by molar-refractivity contribution is -0.691. The monoisotopic (exact) mass is 402 g/mol. The summed E-state index contributed by atoms with van der Waals surface area (Å²) in [5.74, 6) is 0.170. The first-order chi connectivity index (χ1) is 14.6. The Morgan fingerprint density at radius 2 is 1.83 bits per heavy atom. The Hall–Kier alpha value is -3.18. The van der Waals surface area contributed by atoms with Crippen LogP contribution in [-0.2, 0) is 9.59 Å². The minimum Gasteiger partial charge on any atom is -0.340 e. The first kappa shape index (κ1) is 20.1. The highest BCUT2D eigenvalue weighted by atomic mass is 16.2. The molecule has 1 aliphatic rings. The molecule has 154 valence electrons. The summed E-state index contributed by atoms with van der Waals surface area (Å²) in [6.07, 6.45) is 1.97. The summed E-state index contributed by atoms with van der Waals surface area (Å²) in [4.78, 5) is 26.0. The van der Waals surface area contributed by atoms with Crippen LogP contribution in [0, 0.1) is 0 Å². The molecule has 2 amide bonds.